The third kappa shape index (κ3) is 5.33. The minimum Gasteiger partial charge on any atom is -0.494 e. The third-order valence-electron chi connectivity index (χ3n) is 7.81. The average Bonchev–Trinajstić information content (AvgIpc) is 3.45. The second-order valence-electron chi connectivity index (χ2n) is 11.6. The first kappa shape index (κ1) is 26.0. The van der Waals surface area contributed by atoms with E-state index in [1.807, 2.05) is 17.0 Å². The van der Waals surface area contributed by atoms with E-state index in [2.05, 4.69) is 93.8 Å². The van der Waals surface area contributed by atoms with Crippen molar-refractivity contribution in [1.82, 2.24) is 9.55 Å². The van der Waals surface area contributed by atoms with Crippen molar-refractivity contribution in [1.29, 1.82) is 0 Å². The van der Waals surface area contributed by atoms with Crippen LogP contribution in [0.1, 0.15) is 68.5 Å². The highest BCUT2D eigenvalue weighted by molar-refractivity contribution is 5.97. The van der Waals surface area contributed by atoms with E-state index in [0.717, 1.165) is 47.7 Å². The molecule has 1 aliphatic heterocycles. The smallest absolute Gasteiger partial charge is 0.227 e. The molecule has 1 amide bonds. The summed E-state index contributed by atoms with van der Waals surface area (Å²) in [6, 6.07) is 22.9. The summed E-state index contributed by atoms with van der Waals surface area (Å²) in [5.74, 6) is 2.19. The molecule has 1 aromatic heterocycles. The van der Waals surface area contributed by atoms with Gasteiger partial charge in [-0.1, -0.05) is 57.2 Å². The molecule has 38 heavy (non-hydrogen) atoms. The first-order valence-corrected chi connectivity index (χ1v) is 13.8. The number of ether oxygens (including phenoxy) is 1. The number of carbonyl (C=O) groups excluding carboxylic acids is 1. The van der Waals surface area contributed by atoms with Gasteiger partial charge in [-0.25, -0.2) is 4.98 Å². The van der Waals surface area contributed by atoms with E-state index in [1.165, 1.54) is 16.7 Å². The zero-order valence-corrected chi connectivity index (χ0v) is 23.3. The van der Waals surface area contributed by atoms with E-state index in [-0.39, 0.29) is 17.2 Å². The Morgan fingerprint density at radius 1 is 0.947 bits per heavy atom. The highest BCUT2D eigenvalue weighted by Crippen LogP contribution is 2.35. The summed E-state index contributed by atoms with van der Waals surface area (Å²) < 4.78 is 8.36. The molecule has 4 aromatic rings. The molecule has 0 saturated carbocycles. The van der Waals surface area contributed by atoms with E-state index < -0.39 is 0 Å². The first-order chi connectivity index (χ1) is 18.2. The van der Waals surface area contributed by atoms with Crippen molar-refractivity contribution in [2.24, 2.45) is 0 Å². The second kappa shape index (κ2) is 10.6. The van der Waals surface area contributed by atoms with E-state index in [1.54, 1.807) is 0 Å². The van der Waals surface area contributed by atoms with Crippen molar-refractivity contribution in [2.45, 2.75) is 71.8 Å². The topological polar surface area (TPSA) is 47.4 Å². The Hall–Kier alpha value is -3.60. The lowest BCUT2D eigenvalue weighted by molar-refractivity contribution is -0.117. The van der Waals surface area contributed by atoms with Crippen molar-refractivity contribution in [3.8, 4) is 5.75 Å². The van der Waals surface area contributed by atoms with Crippen LogP contribution in [0.15, 0.2) is 66.7 Å². The number of benzene rings is 3. The molecule has 0 spiro atoms. The van der Waals surface area contributed by atoms with Crippen molar-refractivity contribution in [2.75, 3.05) is 18.1 Å². The van der Waals surface area contributed by atoms with Gasteiger partial charge in [0.25, 0.3) is 0 Å². The molecule has 0 N–H and O–H groups in total. The number of anilines is 1. The molecule has 5 heteroatoms. The Morgan fingerprint density at radius 3 is 2.47 bits per heavy atom. The van der Waals surface area contributed by atoms with Gasteiger partial charge in [0.1, 0.15) is 11.6 Å². The molecule has 1 atom stereocenters. The number of unbranched alkanes of at least 4 members (excludes halogenated alkanes) is 1. The second-order valence-corrected chi connectivity index (χ2v) is 11.6. The van der Waals surface area contributed by atoms with Gasteiger partial charge in [0, 0.05) is 31.1 Å². The van der Waals surface area contributed by atoms with Gasteiger partial charge in [-0.05, 0) is 79.1 Å². The number of nitrogens with zero attached hydrogens (tertiary/aromatic N) is 3. The number of aryl methyl sites for hydroxylation is 2. The number of rotatable bonds is 8. The number of hydrogen-bond acceptors (Lipinski definition) is 3. The van der Waals surface area contributed by atoms with Crippen molar-refractivity contribution >= 4 is 22.6 Å². The minimum absolute atomic E-state index is 0.0763. The Bertz CT molecular complexity index is 1430. The quantitative estimate of drug-likeness (QED) is 0.234. The van der Waals surface area contributed by atoms with Crippen molar-refractivity contribution in [3.63, 3.8) is 0 Å². The number of amides is 1. The summed E-state index contributed by atoms with van der Waals surface area (Å²) in [6.45, 7) is 13.1. The number of carbonyl (C=O) groups is 1. The predicted octanol–water partition coefficient (Wildman–Crippen LogP) is 7.33. The van der Waals surface area contributed by atoms with Gasteiger partial charge < -0.3 is 14.2 Å². The van der Waals surface area contributed by atoms with Gasteiger partial charge >= 0.3 is 0 Å². The lowest BCUT2D eigenvalue weighted by Gasteiger charge is -2.20. The van der Waals surface area contributed by atoms with Crippen LogP contribution in [0, 0.1) is 13.8 Å². The van der Waals surface area contributed by atoms with Crippen LogP contribution in [-0.2, 0) is 16.8 Å². The van der Waals surface area contributed by atoms with Crippen molar-refractivity contribution < 1.29 is 9.53 Å². The first-order valence-electron chi connectivity index (χ1n) is 13.8. The highest BCUT2D eigenvalue weighted by Gasteiger charge is 2.35. The molecule has 5 nitrogen and oxygen atoms in total. The zero-order valence-electron chi connectivity index (χ0n) is 23.3. The molecular formula is C33H39N3O2. The summed E-state index contributed by atoms with van der Waals surface area (Å²) in [6.07, 6.45) is 2.42. The molecule has 0 aliphatic carbocycles. The molecule has 1 fully saturated rings. The summed E-state index contributed by atoms with van der Waals surface area (Å²) in [5, 5.41) is 0. The van der Waals surface area contributed by atoms with Gasteiger partial charge in [-0.2, -0.15) is 0 Å². The Morgan fingerprint density at radius 2 is 1.71 bits per heavy atom. The molecule has 0 radical (unpaired) electrons. The summed E-state index contributed by atoms with van der Waals surface area (Å²) in [7, 11) is 0. The molecular weight excluding hydrogens is 470 g/mol. The average molecular weight is 510 g/mol. The standard InChI is InChI=1S/C33H39N3O2/c1-23-11-10-14-29(24(23)2)36-22-25(21-31(36)37)32-34-28-12-6-7-13-30(28)35(32)19-8-9-20-38-27-17-15-26(16-18-27)33(3,4)5/h6-7,10-18,25H,8-9,19-22H2,1-5H3. The summed E-state index contributed by atoms with van der Waals surface area (Å²) in [5.41, 5.74) is 6.98. The van der Waals surface area contributed by atoms with Crippen LogP contribution in [0.2, 0.25) is 0 Å². The van der Waals surface area contributed by atoms with Gasteiger partial charge in [0.15, 0.2) is 0 Å². The normalized spacial score (nSPS) is 16.0. The maximum Gasteiger partial charge on any atom is 0.227 e. The Kier molecular flexibility index (Phi) is 7.29. The van der Waals surface area contributed by atoms with Gasteiger partial charge in [0.05, 0.1) is 17.6 Å². The minimum atomic E-state index is 0.0763. The lowest BCUT2D eigenvalue weighted by Crippen LogP contribution is -2.25. The zero-order chi connectivity index (χ0) is 26.9. The van der Waals surface area contributed by atoms with E-state index in [0.29, 0.717) is 19.6 Å². The monoisotopic (exact) mass is 509 g/mol. The maximum absolute atomic E-state index is 13.1. The van der Waals surface area contributed by atoms with Crippen LogP contribution in [0.3, 0.4) is 0 Å². The summed E-state index contributed by atoms with van der Waals surface area (Å²) in [4.78, 5) is 20.1. The van der Waals surface area contributed by atoms with Crippen LogP contribution in [-0.4, -0.2) is 28.6 Å². The SMILES string of the molecule is Cc1cccc(N2CC(c3nc4ccccc4n3CCCCOc3ccc(C(C)(C)C)cc3)CC2=O)c1C. The molecule has 5 rings (SSSR count). The summed E-state index contributed by atoms with van der Waals surface area (Å²) >= 11 is 0. The molecule has 1 saturated heterocycles. The molecule has 2 heterocycles. The van der Waals surface area contributed by atoms with Crippen LogP contribution >= 0.6 is 0 Å². The molecule has 3 aromatic carbocycles. The molecule has 1 unspecified atom stereocenters. The molecule has 0 bridgehead atoms. The lowest BCUT2D eigenvalue weighted by atomic mass is 9.87. The molecule has 1 aliphatic rings. The number of hydrogen-bond donors (Lipinski definition) is 0. The number of para-hydroxylation sites is 2. The van der Waals surface area contributed by atoms with E-state index >= 15 is 0 Å². The van der Waals surface area contributed by atoms with Crippen LogP contribution in [0.25, 0.3) is 11.0 Å². The van der Waals surface area contributed by atoms with Crippen LogP contribution in [0.4, 0.5) is 5.69 Å². The fraction of sp³-hybridized carbons (Fsp3) is 0.394. The Labute approximate surface area is 226 Å². The van der Waals surface area contributed by atoms with Crippen LogP contribution < -0.4 is 9.64 Å². The van der Waals surface area contributed by atoms with Crippen LogP contribution in [0.5, 0.6) is 5.75 Å². The highest BCUT2D eigenvalue weighted by atomic mass is 16.5. The Balaban J connectivity index is 1.26. The maximum atomic E-state index is 13.1. The molecule has 198 valence electrons. The number of imidazole rings is 1. The largest absolute Gasteiger partial charge is 0.494 e. The van der Waals surface area contributed by atoms with Crippen molar-refractivity contribution in [3.05, 3.63) is 89.2 Å². The van der Waals surface area contributed by atoms with Gasteiger partial charge in [-0.3, -0.25) is 4.79 Å². The van der Waals surface area contributed by atoms with Gasteiger partial charge in [0.2, 0.25) is 5.91 Å². The predicted molar refractivity (Wildman–Crippen MR) is 155 cm³/mol. The van der Waals surface area contributed by atoms with Gasteiger partial charge in [-0.15, -0.1) is 0 Å². The fourth-order valence-corrected chi connectivity index (χ4v) is 5.40. The van der Waals surface area contributed by atoms with E-state index in [4.69, 9.17) is 9.72 Å². The number of aromatic nitrogens is 2. The number of fused-ring (bicyclic) bond motifs is 1. The fourth-order valence-electron chi connectivity index (χ4n) is 5.40. The van der Waals surface area contributed by atoms with E-state index in [9.17, 15) is 4.79 Å². The third-order valence-corrected chi connectivity index (χ3v) is 7.81.